The van der Waals surface area contributed by atoms with Crippen LogP contribution in [-0.2, 0) is 5.41 Å². The zero-order chi connectivity index (χ0) is 85.3. The summed E-state index contributed by atoms with van der Waals surface area (Å²) in [5.74, 6) is -4.12. The number of aryl methyl sites for hydroxylation is 10. The summed E-state index contributed by atoms with van der Waals surface area (Å²) < 4.78 is 43.1. The number of imide groups is 4. The van der Waals surface area contributed by atoms with Crippen LogP contribution in [0, 0.1) is 111 Å². The molecule has 4 heterocycles. The number of ketones is 1. The highest BCUT2D eigenvalue weighted by atomic mass is 32.1. The summed E-state index contributed by atoms with van der Waals surface area (Å²) >= 11 is 17.1. The van der Waals surface area contributed by atoms with E-state index in [-0.39, 0.29) is 78.3 Å². The Labute approximate surface area is 686 Å². The maximum atomic E-state index is 14.4. The first-order valence-electron chi connectivity index (χ1n) is 36.2. The van der Waals surface area contributed by atoms with Gasteiger partial charge in [0.05, 0.1) is 44.5 Å². The van der Waals surface area contributed by atoms with Crippen LogP contribution in [0.1, 0.15) is 206 Å². The zero-order valence-corrected chi connectivity index (χ0v) is 71.2. The van der Waals surface area contributed by atoms with Gasteiger partial charge in [-0.3, -0.25) is 62.8 Å². The number of phenolic OH excluding ortho intramolecular Hbond substituents is 2. The number of fused-ring (bicyclic) bond motifs is 4. The minimum absolute atomic E-state index is 0.0344. The monoisotopic (exact) mass is 1610 g/mol. The predicted octanol–water partition coefficient (Wildman–Crippen LogP) is 20.0. The van der Waals surface area contributed by atoms with Crippen LogP contribution in [0.15, 0.2) is 165 Å². The fraction of sp³-hybridized carbons (Fsp3) is 0.250. The summed E-state index contributed by atoms with van der Waals surface area (Å²) in [7, 11) is 5.28. The molecule has 15 nitrogen and oxygen atoms in total. The summed E-state index contributed by atoms with van der Waals surface area (Å²) in [6, 6.07) is 39.1. The number of carbonyl (C=O) groups excluding carboxylic acids is 9. The van der Waals surface area contributed by atoms with E-state index >= 15 is 0 Å². The van der Waals surface area contributed by atoms with Gasteiger partial charge < -0.3 is 10.2 Å². The molecule has 0 unspecified atom stereocenters. The van der Waals surface area contributed by atoms with Gasteiger partial charge in [0.15, 0.2) is 5.78 Å². The van der Waals surface area contributed by atoms with Crippen molar-refractivity contribution in [3.05, 3.63) is 301 Å². The Morgan fingerprint density at radius 1 is 0.289 bits per heavy atom. The lowest BCUT2D eigenvalue weighted by molar-refractivity contribution is -0.173. The summed E-state index contributed by atoms with van der Waals surface area (Å²) in [6.07, 6.45) is -4.80. The average Bonchev–Trinajstić information content (AvgIpc) is 1.45. The van der Waals surface area contributed by atoms with E-state index in [0.29, 0.717) is 0 Å². The summed E-state index contributed by atoms with van der Waals surface area (Å²) in [6.45, 7) is 34.6. The van der Waals surface area contributed by atoms with Gasteiger partial charge in [-0.1, -0.05) is 60.7 Å². The lowest BCUT2D eigenvalue weighted by Crippen LogP contribution is -2.41. The molecule has 10 aromatic rings. The van der Waals surface area contributed by atoms with Crippen molar-refractivity contribution in [2.45, 2.75) is 149 Å². The standard InChI is InChI=1S/C21H15F3N2O4.C19H12N2O5.C14H14O2.2C11H16.2C8H10S2/c1-20(21(22,23)24,10-4-6-12-14(8-10)18(29)25(2)16(12)27)11-5-7-13-15(9-11)19(30)26(3)17(13)28;1-20-16(23)11-5-3-9(7-13(11)18(20)25)15(22)10-4-6-12-14(8-10)19(26)21(2)17(12)24;1-9-3-5-11(7-13(9)15)12-6-4-10(2)14(16)8-12;2*1-7-6-8(2)10(4)11(5)9(7)3;2*1-5-3-8(10)6(2)4-7(5)9/h4-9H,1-3H3;3-8H,1-2H3;3-8,15-16H,1-2H3;2*6H,1-5H3;2*3-4,9-10H,1-2H3. The lowest BCUT2D eigenvalue weighted by Gasteiger charge is -2.33. The Kier molecular flexibility index (Phi) is 27.5. The number of hydrogen-bond acceptors (Lipinski definition) is 15. The zero-order valence-electron chi connectivity index (χ0n) is 67.6. The van der Waals surface area contributed by atoms with Gasteiger partial charge in [-0.2, -0.15) is 13.2 Å². The van der Waals surface area contributed by atoms with E-state index < -0.39 is 64.6 Å². The second-order valence-corrected chi connectivity index (χ2v) is 31.2. The Morgan fingerprint density at radius 3 is 0.772 bits per heavy atom. The molecule has 0 aliphatic carbocycles. The van der Waals surface area contributed by atoms with Crippen LogP contribution in [0.4, 0.5) is 13.2 Å². The van der Waals surface area contributed by atoms with Crippen molar-refractivity contribution in [1.82, 2.24) is 19.6 Å². The fourth-order valence-corrected chi connectivity index (χ4v) is 14.0. The molecular formula is C92H93F3N4O11S4. The van der Waals surface area contributed by atoms with Crippen LogP contribution in [0.25, 0.3) is 11.1 Å². The highest BCUT2D eigenvalue weighted by Gasteiger charge is 2.55. The quantitative estimate of drug-likeness (QED) is 0.0543. The van der Waals surface area contributed by atoms with Crippen LogP contribution in [0.3, 0.4) is 0 Å². The van der Waals surface area contributed by atoms with Crippen LogP contribution in [0.5, 0.6) is 11.5 Å². The molecule has 4 aliphatic rings. The van der Waals surface area contributed by atoms with E-state index in [1.807, 2.05) is 90.1 Å². The minimum atomic E-state index is -4.80. The van der Waals surface area contributed by atoms with E-state index in [0.717, 1.165) is 92.6 Å². The normalized spacial score (nSPS) is 13.1. The molecule has 8 amide bonds. The molecule has 0 radical (unpaired) electrons. The third kappa shape index (κ3) is 18.2. The second-order valence-electron chi connectivity index (χ2n) is 29.3. The van der Waals surface area contributed by atoms with E-state index in [4.69, 9.17) is 0 Å². The topological polar surface area (TPSA) is 207 Å². The maximum Gasteiger partial charge on any atom is 0.402 e. The molecule has 0 atom stereocenters. The largest absolute Gasteiger partial charge is 0.508 e. The Bertz CT molecular complexity index is 5190. The first kappa shape index (κ1) is 88.8. The van der Waals surface area contributed by atoms with E-state index in [9.17, 15) is 66.5 Å². The highest BCUT2D eigenvalue weighted by Crippen LogP contribution is 2.48. The molecule has 22 heteroatoms. The SMILES string of the molecule is CN1C(=O)c2ccc(C(=O)c3ccc4c(c3)C(=O)N(C)C4=O)cc2C1=O.CN1C(=O)c2ccc(C(C)(c3ccc4c(c3)C(=O)N(C)C4=O)C(F)(F)F)cc2C1=O.Cc1cc(C)c(C)c(C)c1C.Cc1cc(C)c(C)c(C)c1C.Cc1cc(S)c(C)cc1S.Cc1cc(S)c(C)cc1S.Cc1ccc(-c2ccc(C)c(O)c2)cc1O. The Morgan fingerprint density at radius 2 is 0.526 bits per heavy atom. The third-order valence-corrected chi connectivity index (χ3v) is 23.8. The molecular weight excluding hydrogens is 1520 g/mol. The Balaban J connectivity index is 0.000000175. The van der Waals surface area contributed by atoms with Gasteiger partial charge in [-0.15, -0.1) is 50.5 Å². The predicted molar refractivity (Wildman–Crippen MR) is 453 cm³/mol. The smallest absolute Gasteiger partial charge is 0.402 e. The minimum Gasteiger partial charge on any atom is -0.508 e. The molecule has 2 N–H and O–H groups in total. The summed E-state index contributed by atoms with van der Waals surface area (Å²) in [5.41, 5.74) is 20.6. The summed E-state index contributed by atoms with van der Waals surface area (Å²) in [5, 5.41) is 19.2. The van der Waals surface area contributed by atoms with Crippen molar-refractivity contribution < 1.29 is 66.5 Å². The molecule has 0 spiro atoms. The van der Waals surface area contributed by atoms with Crippen molar-refractivity contribution in [2.24, 2.45) is 0 Å². The number of amides is 8. The van der Waals surface area contributed by atoms with Gasteiger partial charge in [0.1, 0.15) is 16.9 Å². The number of nitrogens with zero attached hydrogens (tertiary/aromatic N) is 4. The first-order chi connectivity index (χ1) is 53.1. The number of rotatable bonds is 5. The molecule has 592 valence electrons. The van der Waals surface area contributed by atoms with Crippen LogP contribution >= 0.6 is 50.5 Å². The maximum absolute atomic E-state index is 14.4. The van der Waals surface area contributed by atoms with Gasteiger partial charge in [-0.05, 0) is 314 Å². The molecule has 10 aromatic carbocycles. The number of aromatic hydroxyl groups is 2. The van der Waals surface area contributed by atoms with Crippen LogP contribution in [-0.4, -0.2) is 117 Å². The van der Waals surface area contributed by atoms with Gasteiger partial charge in [-0.25, -0.2) is 0 Å². The van der Waals surface area contributed by atoms with Crippen molar-refractivity contribution in [3.8, 4) is 22.6 Å². The number of thiol groups is 4. The van der Waals surface area contributed by atoms with Crippen molar-refractivity contribution >= 4 is 104 Å². The number of alkyl halides is 3. The number of phenols is 2. The van der Waals surface area contributed by atoms with E-state index in [1.165, 1.54) is 155 Å². The number of halogens is 3. The molecule has 0 saturated heterocycles. The van der Waals surface area contributed by atoms with Crippen molar-refractivity contribution in [2.75, 3.05) is 28.2 Å². The van der Waals surface area contributed by atoms with Crippen LogP contribution in [0.2, 0.25) is 0 Å². The average molecular weight is 1620 g/mol. The van der Waals surface area contributed by atoms with E-state index in [2.05, 4.69) is 132 Å². The lowest BCUT2D eigenvalue weighted by atomic mass is 9.74. The van der Waals surface area contributed by atoms with Gasteiger partial charge in [0.2, 0.25) is 0 Å². The molecule has 0 saturated carbocycles. The van der Waals surface area contributed by atoms with Gasteiger partial charge in [0.25, 0.3) is 47.3 Å². The second kappa shape index (κ2) is 35.3. The van der Waals surface area contributed by atoms with Crippen molar-refractivity contribution in [3.63, 3.8) is 0 Å². The third-order valence-electron chi connectivity index (χ3n) is 21.9. The molecule has 114 heavy (non-hydrogen) atoms. The first-order valence-corrected chi connectivity index (χ1v) is 38.0. The Hall–Kier alpha value is -10.8. The molecule has 14 rings (SSSR count). The van der Waals surface area contributed by atoms with Crippen LogP contribution < -0.4 is 0 Å². The van der Waals surface area contributed by atoms with E-state index in [1.54, 1.807) is 12.1 Å². The number of hydrogen-bond donors (Lipinski definition) is 6. The molecule has 4 aliphatic heterocycles. The molecule has 0 bridgehead atoms. The van der Waals surface area contributed by atoms with Gasteiger partial charge in [0, 0.05) is 58.9 Å². The number of benzene rings is 10. The molecule has 0 aromatic heterocycles. The summed E-state index contributed by atoms with van der Waals surface area (Å²) in [4.78, 5) is 117. The fourth-order valence-electron chi connectivity index (χ4n) is 13.0. The highest BCUT2D eigenvalue weighted by molar-refractivity contribution is 7.81. The van der Waals surface area contributed by atoms with Gasteiger partial charge >= 0.3 is 6.18 Å². The molecule has 0 fully saturated rings. The number of carbonyl (C=O) groups is 9. The van der Waals surface area contributed by atoms with Crippen molar-refractivity contribution in [1.29, 1.82) is 0 Å².